The van der Waals surface area contributed by atoms with Gasteiger partial charge in [-0.05, 0) is 52.7 Å². The Morgan fingerprint density at radius 2 is 1.90 bits per heavy atom. The fourth-order valence-corrected chi connectivity index (χ4v) is 4.16. The number of fused-ring (bicyclic) bond motifs is 1. The molecule has 2 heterocycles. The molecule has 1 aromatic carbocycles. The molecule has 1 aliphatic heterocycles. The van der Waals surface area contributed by atoms with Crippen molar-refractivity contribution in [3.05, 3.63) is 34.4 Å². The molecule has 0 aliphatic carbocycles. The van der Waals surface area contributed by atoms with E-state index in [2.05, 4.69) is 33.5 Å². The Morgan fingerprint density at radius 1 is 1.24 bits per heavy atom. The Kier molecular flexibility index (Phi) is 6.27. The van der Waals surface area contributed by atoms with E-state index in [1.165, 1.54) is 0 Å². The van der Waals surface area contributed by atoms with E-state index in [-0.39, 0.29) is 18.0 Å². The van der Waals surface area contributed by atoms with Crippen molar-refractivity contribution in [2.75, 3.05) is 20.1 Å². The van der Waals surface area contributed by atoms with Crippen molar-refractivity contribution in [1.82, 2.24) is 14.4 Å². The van der Waals surface area contributed by atoms with E-state index in [0.717, 1.165) is 40.3 Å². The topological polar surface area (TPSA) is 54.8 Å². The first-order valence-corrected chi connectivity index (χ1v) is 10.9. The third-order valence-electron chi connectivity index (χ3n) is 5.40. The Balaban J connectivity index is 1.69. The third-order valence-corrected chi connectivity index (χ3v) is 5.89. The molecule has 158 valence electrons. The minimum atomic E-state index is -0.509. The number of likely N-dealkylation sites (tertiary alicyclic amines) is 1. The second-order valence-electron chi connectivity index (χ2n) is 8.60. The molecule has 2 aromatic rings. The van der Waals surface area contributed by atoms with Gasteiger partial charge < -0.3 is 19.1 Å². The summed E-state index contributed by atoms with van der Waals surface area (Å²) in [6, 6.07) is 6.11. The highest BCUT2D eigenvalue weighted by Crippen LogP contribution is 2.27. The van der Waals surface area contributed by atoms with Gasteiger partial charge in [-0.3, -0.25) is 4.79 Å². The van der Waals surface area contributed by atoms with Crippen LogP contribution in [0.25, 0.3) is 10.9 Å². The SMILES string of the molecule is CCn1cc(C(=O)N2CCC(N(C)C(=O)OC(C)(C)C)CC2)c2ccc(Br)cc21. The van der Waals surface area contributed by atoms with Gasteiger partial charge in [-0.25, -0.2) is 4.79 Å². The van der Waals surface area contributed by atoms with Gasteiger partial charge in [-0.15, -0.1) is 0 Å². The molecule has 0 saturated carbocycles. The van der Waals surface area contributed by atoms with Gasteiger partial charge in [-0.1, -0.05) is 22.0 Å². The number of nitrogens with zero attached hydrogens (tertiary/aromatic N) is 3. The average Bonchev–Trinajstić information content (AvgIpc) is 3.03. The van der Waals surface area contributed by atoms with Crippen molar-refractivity contribution in [2.24, 2.45) is 0 Å². The molecule has 2 amide bonds. The predicted octanol–water partition coefficient (Wildman–Crippen LogP) is 4.90. The van der Waals surface area contributed by atoms with Crippen LogP contribution < -0.4 is 0 Å². The van der Waals surface area contributed by atoms with Crippen molar-refractivity contribution in [3.63, 3.8) is 0 Å². The highest BCUT2D eigenvalue weighted by atomic mass is 79.9. The minimum Gasteiger partial charge on any atom is -0.444 e. The lowest BCUT2D eigenvalue weighted by Gasteiger charge is -2.37. The maximum absolute atomic E-state index is 13.2. The molecular formula is C22H30BrN3O3. The van der Waals surface area contributed by atoms with E-state index in [1.54, 1.807) is 11.9 Å². The zero-order valence-electron chi connectivity index (χ0n) is 17.9. The van der Waals surface area contributed by atoms with Crippen LogP contribution in [-0.4, -0.2) is 58.1 Å². The molecule has 0 atom stereocenters. The summed E-state index contributed by atoms with van der Waals surface area (Å²) in [4.78, 5) is 29.1. The number of rotatable bonds is 3. The van der Waals surface area contributed by atoms with Crippen molar-refractivity contribution in [2.45, 2.75) is 58.7 Å². The van der Waals surface area contributed by atoms with Crippen LogP contribution in [0.2, 0.25) is 0 Å². The highest BCUT2D eigenvalue weighted by molar-refractivity contribution is 9.10. The van der Waals surface area contributed by atoms with Crippen LogP contribution in [0.5, 0.6) is 0 Å². The van der Waals surface area contributed by atoms with Crippen LogP contribution in [-0.2, 0) is 11.3 Å². The average molecular weight is 464 g/mol. The number of carbonyl (C=O) groups is 2. The van der Waals surface area contributed by atoms with Crippen LogP contribution in [0, 0.1) is 0 Å². The molecule has 0 bridgehead atoms. The maximum Gasteiger partial charge on any atom is 0.410 e. The molecule has 3 rings (SSSR count). The van der Waals surface area contributed by atoms with Crippen LogP contribution in [0.1, 0.15) is 50.9 Å². The number of piperidine rings is 1. The number of amides is 2. The van der Waals surface area contributed by atoms with Gasteiger partial charge in [-0.2, -0.15) is 0 Å². The summed E-state index contributed by atoms with van der Waals surface area (Å²) in [6.07, 6.45) is 3.15. The lowest BCUT2D eigenvalue weighted by molar-refractivity contribution is 0.0156. The second kappa shape index (κ2) is 8.38. The van der Waals surface area contributed by atoms with Gasteiger partial charge in [0.25, 0.3) is 5.91 Å². The van der Waals surface area contributed by atoms with Crippen LogP contribution in [0.4, 0.5) is 4.79 Å². The fourth-order valence-electron chi connectivity index (χ4n) is 3.81. The van der Waals surface area contributed by atoms with Gasteiger partial charge in [0, 0.05) is 54.3 Å². The Hall–Kier alpha value is -2.02. The summed E-state index contributed by atoms with van der Waals surface area (Å²) in [6.45, 7) is 9.75. The first-order chi connectivity index (χ1) is 13.6. The van der Waals surface area contributed by atoms with Crippen molar-refractivity contribution in [3.8, 4) is 0 Å². The van der Waals surface area contributed by atoms with Gasteiger partial charge in [0.2, 0.25) is 0 Å². The van der Waals surface area contributed by atoms with Gasteiger partial charge in [0.05, 0.1) is 5.56 Å². The number of aromatic nitrogens is 1. The Morgan fingerprint density at radius 3 is 2.48 bits per heavy atom. The standard InChI is InChI=1S/C22H30BrN3O3/c1-6-25-14-18(17-8-7-15(23)13-19(17)25)20(27)26-11-9-16(10-12-26)24(5)21(28)29-22(2,3)4/h7-8,13-14,16H,6,9-12H2,1-5H3. The number of hydrogen-bond donors (Lipinski definition) is 0. The van der Waals surface area contributed by atoms with E-state index in [0.29, 0.717) is 13.1 Å². The molecule has 1 aliphatic rings. The first kappa shape index (κ1) is 21.7. The van der Waals surface area contributed by atoms with E-state index in [1.807, 2.05) is 44.0 Å². The molecular weight excluding hydrogens is 434 g/mol. The fraction of sp³-hybridized carbons (Fsp3) is 0.545. The van der Waals surface area contributed by atoms with Gasteiger partial charge >= 0.3 is 6.09 Å². The summed E-state index contributed by atoms with van der Waals surface area (Å²) in [5.41, 5.74) is 1.29. The summed E-state index contributed by atoms with van der Waals surface area (Å²) >= 11 is 3.52. The van der Waals surface area contributed by atoms with Crippen molar-refractivity contribution < 1.29 is 14.3 Å². The monoisotopic (exact) mass is 463 g/mol. The lowest BCUT2D eigenvalue weighted by atomic mass is 10.0. The number of aryl methyl sites for hydroxylation is 1. The minimum absolute atomic E-state index is 0.0582. The van der Waals surface area contributed by atoms with Gasteiger partial charge in [0.1, 0.15) is 5.60 Å². The van der Waals surface area contributed by atoms with Gasteiger partial charge in [0.15, 0.2) is 0 Å². The number of benzene rings is 1. The van der Waals surface area contributed by atoms with E-state index < -0.39 is 5.60 Å². The summed E-state index contributed by atoms with van der Waals surface area (Å²) in [7, 11) is 1.78. The number of ether oxygens (including phenoxy) is 1. The smallest absolute Gasteiger partial charge is 0.410 e. The number of carbonyl (C=O) groups excluding carboxylic acids is 2. The zero-order valence-corrected chi connectivity index (χ0v) is 19.5. The van der Waals surface area contributed by atoms with Crippen molar-refractivity contribution >= 4 is 38.8 Å². The van der Waals surface area contributed by atoms with E-state index in [9.17, 15) is 9.59 Å². The molecule has 0 N–H and O–H groups in total. The van der Waals surface area contributed by atoms with Crippen LogP contribution in [0.15, 0.2) is 28.9 Å². The molecule has 0 radical (unpaired) electrons. The normalized spacial score (nSPS) is 15.6. The Labute approximate surface area is 180 Å². The molecule has 0 unspecified atom stereocenters. The highest BCUT2D eigenvalue weighted by Gasteiger charge is 2.31. The molecule has 7 heteroatoms. The summed E-state index contributed by atoms with van der Waals surface area (Å²) in [5, 5.41) is 0.980. The number of halogens is 1. The molecule has 29 heavy (non-hydrogen) atoms. The molecule has 0 spiro atoms. The molecule has 1 saturated heterocycles. The molecule has 1 fully saturated rings. The zero-order chi connectivity index (χ0) is 21.3. The summed E-state index contributed by atoms with van der Waals surface area (Å²) < 4.78 is 8.58. The largest absolute Gasteiger partial charge is 0.444 e. The predicted molar refractivity (Wildman–Crippen MR) is 118 cm³/mol. The lowest BCUT2D eigenvalue weighted by Crippen LogP contribution is -2.48. The molecule has 1 aromatic heterocycles. The van der Waals surface area contributed by atoms with Crippen LogP contribution in [0.3, 0.4) is 0 Å². The third kappa shape index (κ3) is 4.77. The summed E-state index contributed by atoms with van der Waals surface area (Å²) in [5.74, 6) is 0.0582. The Bertz CT molecular complexity index is 908. The molecule has 6 nitrogen and oxygen atoms in total. The maximum atomic E-state index is 13.2. The van der Waals surface area contributed by atoms with E-state index in [4.69, 9.17) is 4.74 Å². The number of hydrogen-bond acceptors (Lipinski definition) is 3. The van der Waals surface area contributed by atoms with Crippen molar-refractivity contribution in [1.29, 1.82) is 0 Å². The van der Waals surface area contributed by atoms with Crippen LogP contribution >= 0.6 is 15.9 Å². The second-order valence-corrected chi connectivity index (χ2v) is 9.52. The first-order valence-electron chi connectivity index (χ1n) is 10.1. The van der Waals surface area contributed by atoms with E-state index >= 15 is 0 Å². The quantitative estimate of drug-likeness (QED) is 0.650.